The highest BCUT2D eigenvalue weighted by Crippen LogP contribution is 2.24. The SMILES string of the molecule is Cc1ccccc1SCc1nnnn1CCCN. The first-order chi connectivity index (χ1) is 8.81. The van der Waals surface area contributed by atoms with Crippen LogP contribution in [0.2, 0.25) is 0 Å². The van der Waals surface area contributed by atoms with Crippen LogP contribution in [0.1, 0.15) is 17.8 Å². The number of tetrazole rings is 1. The predicted octanol–water partition coefficient (Wildman–Crippen LogP) is 1.62. The van der Waals surface area contributed by atoms with E-state index in [2.05, 4.69) is 34.6 Å². The van der Waals surface area contributed by atoms with Gasteiger partial charge in [0.05, 0.1) is 5.75 Å². The van der Waals surface area contributed by atoms with E-state index in [4.69, 9.17) is 5.73 Å². The first-order valence-corrected chi connectivity index (χ1v) is 6.93. The van der Waals surface area contributed by atoms with Crippen molar-refractivity contribution in [2.24, 2.45) is 5.73 Å². The number of hydrogen-bond acceptors (Lipinski definition) is 5. The summed E-state index contributed by atoms with van der Waals surface area (Å²) >= 11 is 1.76. The van der Waals surface area contributed by atoms with E-state index in [9.17, 15) is 0 Å². The van der Waals surface area contributed by atoms with Gasteiger partial charge in [-0.3, -0.25) is 0 Å². The van der Waals surface area contributed by atoms with E-state index in [0.717, 1.165) is 24.5 Å². The molecule has 6 heteroatoms. The van der Waals surface area contributed by atoms with Crippen molar-refractivity contribution in [3.63, 3.8) is 0 Å². The van der Waals surface area contributed by atoms with Crippen molar-refractivity contribution >= 4 is 11.8 Å². The molecule has 2 aromatic rings. The molecule has 0 fully saturated rings. The van der Waals surface area contributed by atoms with E-state index in [1.54, 1.807) is 11.8 Å². The third kappa shape index (κ3) is 3.30. The number of aromatic nitrogens is 4. The van der Waals surface area contributed by atoms with Crippen molar-refractivity contribution in [1.82, 2.24) is 20.2 Å². The molecule has 96 valence electrons. The van der Waals surface area contributed by atoms with Crippen LogP contribution in [-0.4, -0.2) is 26.8 Å². The van der Waals surface area contributed by atoms with Gasteiger partial charge in [0.25, 0.3) is 0 Å². The van der Waals surface area contributed by atoms with Crippen LogP contribution in [0.4, 0.5) is 0 Å². The Morgan fingerprint density at radius 1 is 1.33 bits per heavy atom. The Labute approximate surface area is 111 Å². The third-order valence-electron chi connectivity index (χ3n) is 2.63. The molecule has 0 saturated heterocycles. The van der Waals surface area contributed by atoms with Crippen LogP contribution in [-0.2, 0) is 12.3 Å². The molecule has 0 spiro atoms. The lowest BCUT2D eigenvalue weighted by Crippen LogP contribution is -2.09. The van der Waals surface area contributed by atoms with Gasteiger partial charge in [0.1, 0.15) is 0 Å². The third-order valence-corrected chi connectivity index (χ3v) is 3.80. The smallest absolute Gasteiger partial charge is 0.161 e. The largest absolute Gasteiger partial charge is 0.330 e. The molecule has 0 aliphatic carbocycles. The molecule has 0 atom stereocenters. The number of benzene rings is 1. The minimum Gasteiger partial charge on any atom is -0.330 e. The Bertz CT molecular complexity index is 497. The van der Waals surface area contributed by atoms with E-state index in [1.165, 1.54) is 10.5 Å². The summed E-state index contributed by atoms with van der Waals surface area (Å²) in [5, 5.41) is 11.7. The van der Waals surface area contributed by atoms with Crippen LogP contribution in [0, 0.1) is 6.92 Å². The van der Waals surface area contributed by atoms with Crippen LogP contribution >= 0.6 is 11.8 Å². The van der Waals surface area contributed by atoms with Crippen molar-refractivity contribution in [1.29, 1.82) is 0 Å². The molecular weight excluding hydrogens is 246 g/mol. The first-order valence-electron chi connectivity index (χ1n) is 5.95. The average molecular weight is 263 g/mol. The summed E-state index contributed by atoms with van der Waals surface area (Å²) in [6.07, 6.45) is 0.896. The number of nitrogens with two attached hydrogens (primary N) is 1. The van der Waals surface area contributed by atoms with Crippen LogP contribution in [0.25, 0.3) is 0 Å². The van der Waals surface area contributed by atoms with Gasteiger partial charge in [0, 0.05) is 11.4 Å². The zero-order valence-electron chi connectivity index (χ0n) is 10.4. The van der Waals surface area contributed by atoms with Crippen molar-refractivity contribution in [3.8, 4) is 0 Å². The molecule has 2 rings (SSSR count). The molecule has 18 heavy (non-hydrogen) atoms. The molecule has 0 amide bonds. The minimum atomic E-state index is 0.657. The maximum absolute atomic E-state index is 5.49. The van der Waals surface area contributed by atoms with Gasteiger partial charge >= 0.3 is 0 Å². The molecule has 0 aliphatic heterocycles. The van der Waals surface area contributed by atoms with E-state index in [0.29, 0.717) is 6.54 Å². The van der Waals surface area contributed by atoms with Gasteiger partial charge in [-0.15, -0.1) is 16.9 Å². The lowest BCUT2D eigenvalue weighted by atomic mass is 10.2. The van der Waals surface area contributed by atoms with Crippen LogP contribution in [0.3, 0.4) is 0 Å². The van der Waals surface area contributed by atoms with Gasteiger partial charge < -0.3 is 5.73 Å². The summed E-state index contributed by atoms with van der Waals surface area (Å²) in [4.78, 5) is 1.27. The Morgan fingerprint density at radius 2 is 2.17 bits per heavy atom. The fraction of sp³-hybridized carbons (Fsp3) is 0.417. The number of rotatable bonds is 6. The maximum atomic E-state index is 5.49. The van der Waals surface area contributed by atoms with Crippen molar-refractivity contribution in [3.05, 3.63) is 35.7 Å². The van der Waals surface area contributed by atoms with Gasteiger partial charge in [0.2, 0.25) is 0 Å². The second kappa shape index (κ2) is 6.51. The molecule has 1 heterocycles. The van der Waals surface area contributed by atoms with E-state index >= 15 is 0 Å². The van der Waals surface area contributed by atoms with Crippen LogP contribution in [0.5, 0.6) is 0 Å². The standard InChI is InChI=1S/C12H17N5S/c1-10-5-2-3-6-11(10)18-9-12-14-15-16-17(12)8-4-7-13/h2-3,5-6H,4,7-9,13H2,1H3. The monoisotopic (exact) mass is 263 g/mol. The van der Waals surface area contributed by atoms with Gasteiger partial charge in [-0.2, -0.15) is 0 Å². The number of nitrogens with zero attached hydrogens (tertiary/aromatic N) is 4. The van der Waals surface area contributed by atoms with Gasteiger partial charge in [-0.25, -0.2) is 4.68 Å². The van der Waals surface area contributed by atoms with Gasteiger partial charge in [-0.1, -0.05) is 18.2 Å². The van der Waals surface area contributed by atoms with Crippen LogP contribution < -0.4 is 5.73 Å². The highest BCUT2D eigenvalue weighted by molar-refractivity contribution is 7.98. The molecule has 0 saturated carbocycles. The molecule has 1 aromatic carbocycles. The predicted molar refractivity (Wildman–Crippen MR) is 72.2 cm³/mol. The summed E-state index contributed by atoms with van der Waals surface area (Å²) in [7, 11) is 0. The fourth-order valence-electron chi connectivity index (χ4n) is 1.60. The van der Waals surface area contributed by atoms with Crippen molar-refractivity contribution in [2.75, 3.05) is 6.54 Å². The Morgan fingerprint density at radius 3 is 2.94 bits per heavy atom. The molecule has 0 unspecified atom stereocenters. The summed E-state index contributed by atoms with van der Waals surface area (Å²) in [5.41, 5.74) is 6.77. The Balaban J connectivity index is 1.98. The molecule has 0 bridgehead atoms. The zero-order valence-corrected chi connectivity index (χ0v) is 11.2. The van der Waals surface area contributed by atoms with E-state index in [-0.39, 0.29) is 0 Å². The number of hydrogen-bond donors (Lipinski definition) is 1. The van der Waals surface area contributed by atoms with Gasteiger partial charge in [-0.05, 0) is 41.9 Å². The second-order valence-corrected chi connectivity index (χ2v) is 5.03. The van der Waals surface area contributed by atoms with Crippen molar-refractivity contribution < 1.29 is 0 Å². The van der Waals surface area contributed by atoms with Crippen molar-refractivity contribution in [2.45, 2.75) is 30.5 Å². The van der Waals surface area contributed by atoms with Gasteiger partial charge in [0.15, 0.2) is 5.82 Å². The molecule has 5 nitrogen and oxygen atoms in total. The molecule has 1 aromatic heterocycles. The van der Waals surface area contributed by atoms with Crippen LogP contribution in [0.15, 0.2) is 29.2 Å². The summed E-state index contributed by atoms with van der Waals surface area (Å²) < 4.78 is 1.83. The molecular formula is C12H17N5S. The average Bonchev–Trinajstić information content (AvgIpc) is 2.83. The first kappa shape index (κ1) is 13.0. The second-order valence-electron chi connectivity index (χ2n) is 4.01. The Hall–Kier alpha value is -1.40. The summed E-state index contributed by atoms with van der Waals surface area (Å²) in [6.45, 7) is 3.55. The quantitative estimate of drug-likeness (QED) is 0.802. The van der Waals surface area contributed by atoms with E-state index < -0.39 is 0 Å². The Kier molecular flexibility index (Phi) is 4.72. The number of aryl methyl sites for hydroxylation is 2. The fourth-order valence-corrected chi connectivity index (χ4v) is 2.56. The highest BCUT2D eigenvalue weighted by Gasteiger charge is 2.07. The minimum absolute atomic E-state index is 0.657. The highest BCUT2D eigenvalue weighted by atomic mass is 32.2. The van der Waals surface area contributed by atoms with E-state index in [1.807, 2.05) is 16.8 Å². The lowest BCUT2D eigenvalue weighted by molar-refractivity contribution is 0.551. The number of thioether (sulfide) groups is 1. The lowest BCUT2D eigenvalue weighted by Gasteiger charge is -2.05. The molecule has 0 radical (unpaired) electrons. The summed E-state index contributed by atoms with van der Waals surface area (Å²) in [6, 6.07) is 8.32. The maximum Gasteiger partial charge on any atom is 0.161 e. The molecule has 2 N–H and O–H groups in total. The normalized spacial score (nSPS) is 10.8. The molecule has 0 aliphatic rings. The summed E-state index contributed by atoms with van der Waals surface area (Å²) in [5.74, 6) is 1.68. The zero-order chi connectivity index (χ0) is 12.8. The topological polar surface area (TPSA) is 69.6 Å².